The largest absolute Gasteiger partial charge is 0.347 e. The van der Waals surface area contributed by atoms with Crippen LogP contribution < -0.4 is 16.0 Å². The zero-order valence-corrected chi connectivity index (χ0v) is 20.6. The van der Waals surface area contributed by atoms with Crippen molar-refractivity contribution in [3.63, 3.8) is 0 Å². The van der Waals surface area contributed by atoms with Crippen LogP contribution >= 0.6 is 0 Å². The van der Waals surface area contributed by atoms with Gasteiger partial charge < -0.3 is 20.9 Å². The fourth-order valence-corrected chi connectivity index (χ4v) is 5.91. The molecule has 7 heteroatoms. The van der Waals surface area contributed by atoms with Crippen LogP contribution in [0.2, 0.25) is 0 Å². The van der Waals surface area contributed by atoms with Gasteiger partial charge in [-0.15, -0.1) is 0 Å². The highest BCUT2D eigenvalue weighted by atomic mass is 16.2. The van der Waals surface area contributed by atoms with E-state index in [9.17, 15) is 14.4 Å². The lowest BCUT2D eigenvalue weighted by Crippen LogP contribution is -2.58. The number of benzene rings is 1. The highest BCUT2D eigenvalue weighted by Crippen LogP contribution is 2.32. The molecule has 3 unspecified atom stereocenters. The average Bonchev–Trinajstić information content (AvgIpc) is 3.37. The zero-order valence-electron chi connectivity index (χ0n) is 20.6. The van der Waals surface area contributed by atoms with Crippen LogP contribution in [-0.4, -0.2) is 54.3 Å². The van der Waals surface area contributed by atoms with Crippen LogP contribution in [0.25, 0.3) is 0 Å². The quantitative estimate of drug-likeness (QED) is 0.574. The predicted octanol–water partition coefficient (Wildman–Crippen LogP) is 2.84. The number of aryl methyl sites for hydroxylation is 1. The molecule has 0 radical (unpaired) electrons. The molecule has 7 nitrogen and oxygen atoms in total. The van der Waals surface area contributed by atoms with Gasteiger partial charge in [0.1, 0.15) is 12.1 Å². The lowest BCUT2D eigenvalue weighted by molar-refractivity contribution is -0.143. The third-order valence-corrected chi connectivity index (χ3v) is 8.04. The first kappa shape index (κ1) is 24.7. The third-order valence-electron chi connectivity index (χ3n) is 8.04. The molecule has 1 heterocycles. The Labute approximate surface area is 203 Å². The van der Waals surface area contributed by atoms with Crippen molar-refractivity contribution in [1.82, 2.24) is 20.9 Å². The van der Waals surface area contributed by atoms with Gasteiger partial charge in [-0.1, -0.05) is 43.5 Å². The van der Waals surface area contributed by atoms with E-state index < -0.39 is 12.1 Å². The zero-order chi connectivity index (χ0) is 24.1. The molecule has 4 atom stereocenters. The number of likely N-dealkylation sites (N-methyl/N-ethyl adjacent to an activating group) is 1. The molecule has 1 saturated heterocycles. The fraction of sp³-hybridized carbons (Fsp3) is 0.667. The highest BCUT2D eigenvalue weighted by Gasteiger charge is 2.41. The number of amides is 3. The Hall–Kier alpha value is -2.41. The lowest BCUT2D eigenvalue weighted by Gasteiger charge is -2.35. The maximum atomic E-state index is 13.8. The molecule has 34 heavy (non-hydrogen) atoms. The van der Waals surface area contributed by atoms with Crippen molar-refractivity contribution < 1.29 is 14.4 Å². The molecular formula is C27H40N4O3. The normalized spacial score (nSPS) is 24.7. The Kier molecular flexibility index (Phi) is 8.24. The Balaban J connectivity index is 1.48. The molecule has 4 rings (SSSR count). The van der Waals surface area contributed by atoms with Gasteiger partial charge >= 0.3 is 0 Å². The monoisotopic (exact) mass is 468 g/mol. The summed E-state index contributed by atoms with van der Waals surface area (Å²) in [6.45, 7) is 2.37. The Morgan fingerprint density at radius 1 is 0.971 bits per heavy atom. The summed E-state index contributed by atoms with van der Waals surface area (Å²) >= 11 is 0. The molecule has 1 saturated carbocycles. The standard InChI is InChI=1S/C27H40N4O3/c1-18(28-2)25(32)30-24(20-11-4-3-5-12-20)27(34)31-17-9-16-23(31)26(33)29-22-15-8-13-19-10-6-7-14-21(19)22/h6-7,10,14,18,20,22-24,28H,3-5,8-9,11-13,15-17H2,1-2H3,(H,29,33)(H,30,32)/t18?,22?,23-,24?/m0/s1. The SMILES string of the molecule is CNC(C)C(=O)NC(C(=O)N1CCC[C@H]1C(=O)NC1CCCc2ccccc21)C1CCCCC1. The predicted molar refractivity (Wildman–Crippen MR) is 132 cm³/mol. The second-order valence-electron chi connectivity index (χ2n) is 10.2. The van der Waals surface area contributed by atoms with Gasteiger partial charge in [0.25, 0.3) is 0 Å². The van der Waals surface area contributed by atoms with Crippen LogP contribution in [0.4, 0.5) is 0 Å². The molecule has 1 aliphatic heterocycles. The summed E-state index contributed by atoms with van der Waals surface area (Å²) in [5.41, 5.74) is 2.50. The first-order valence-electron chi connectivity index (χ1n) is 13.2. The van der Waals surface area contributed by atoms with Gasteiger partial charge in [-0.25, -0.2) is 0 Å². The summed E-state index contributed by atoms with van der Waals surface area (Å²) in [6, 6.07) is 6.92. The highest BCUT2D eigenvalue weighted by molar-refractivity contribution is 5.93. The van der Waals surface area contributed by atoms with Gasteiger partial charge in [-0.3, -0.25) is 14.4 Å². The van der Waals surface area contributed by atoms with Crippen LogP contribution in [0.1, 0.15) is 81.9 Å². The summed E-state index contributed by atoms with van der Waals surface area (Å²) in [7, 11) is 1.74. The van der Waals surface area contributed by atoms with Crippen molar-refractivity contribution in [3.8, 4) is 0 Å². The molecule has 1 aromatic carbocycles. The van der Waals surface area contributed by atoms with Gasteiger partial charge in [0.05, 0.1) is 12.1 Å². The molecule has 0 spiro atoms. The number of hydrogen-bond acceptors (Lipinski definition) is 4. The van der Waals surface area contributed by atoms with E-state index in [1.807, 2.05) is 6.07 Å². The Morgan fingerprint density at radius 2 is 1.74 bits per heavy atom. The van der Waals surface area contributed by atoms with Gasteiger partial charge in [-0.2, -0.15) is 0 Å². The van der Waals surface area contributed by atoms with Gasteiger partial charge in [0, 0.05) is 6.54 Å². The van der Waals surface area contributed by atoms with Crippen molar-refractivity contribution in [2.45, 2.75) is 95.3 Å². The van der Waals surface area contributed by atoms with Crippen LogP contribution in [-0.2, 0) is 20.8 Å². The minimum absolute atomic E-state index is 0.000300. The van der Waals surface area contributed by atoms with E-state index in [4.69, 9.17) is 0 Å². The van der Waals surface area contributed by atoms with Crippen LogP contribution in [0.5, 0.6) is 0 Å². The van der Waals surface area contributed by atoms with E-state index in [-0.39, 0.29) is 35.7 Å². The summed E-state index contributed by atoms with van der Waals surface area (Å²) in [6.07, 6.45) is 9.71. The number of hydrogen-bond donors (Lipinski definition) is 3. The minimum Gasteiger partial charge on any atom is -0.347 e. The number of nitrogens with zero attached hydrogens (tertiary/aromatic N) is 1. The number of fused-ring (bicyclic) bond motifs is 1. The minimum atomic E-state index is -0.563. The topological polar surface area (TPSA) is 90.5 Å². The number of likely N-dealkylation sites (tertiary alicyclic amines) is 1. The summed E-state index contributed by atoms with van der Waals surface area (Å²) in [4.78, 5) is 41.7. The molecule has 0 bridgehead atoms. The number of carbonyl (C=O) groups is 3. The number of carbonyl (C=O) groups excluding carboxylic acids is 3. The van der Waals surface area contributed by atoms with Gasteiger partial charge in [0.2, 0.25) is 17.7 Å². The second kappa shape index (κ2) is 11.3. The summed E-state index contributed by atoms with van der Waals surface area (Å²) < 4.78 is 0. The van der Waals surface area contributed by atoms with E-state index in [0.29, 0.717) is 13.0 Å². The van der Waals surface area contributed by atoms with Crippen molar-refractivity contribution in [3.05, 3.63) is 35.4 Å². The van der Waals surface area contributed by atoms with E-state index in [2.05, 4.69) is 34.1 Å². The molecule has 3 aliphatic rings. The van der Waals surface area contributed by atoms with Crippen molar-refractivity contribution in [2.75, 3.05) is 13.6 Å². The van der Waals surface area contributed by atoms with Crippen molar-refractivity contribution in [1.29, 1.82) is 0 Å². The van der Waals surface area contributed by atoms with Crippen LogP contribution in [0, 0.1) is 5.92 Å². The maximum absolute atomic E-state index is 13.8. The van der Waals surface area contributed by atoms with Crippen molar-refractivity contribution in [2.24, 2.45) is 5.92 Å². The lowest BCUT2D eigenvalue weighted by atomic mass is 9.83. The smallest absolute Gasteiger partial charge is 0.246 e. The van der Waals surface area contributed by atoms with Crippen LogP contribution in [0.3, 0.4) is 0 Å². The van der Waals surface area contributed by atoms with Crippen molar-refractivity contribution >= 4 is 17.7 Å². The fourth-order valence-electron chi connectivity index (χ4n) is 5.91. The van der Waals surface area contributed by atoms with E-state index in [1.165, 1.54) is 17.5 Å². The van der Waals surface area contributed by atoms with E-state index >= 15 is 0 Å². The average molecular weight is 469 g/mol. The molecule has 3 amide bonds. The summed E-state index contributed by atoms with van der Waals surface area (Å²) in [5, 5.41) is 9.26. The Bertz CT molecular complexity index is 882. The number of rotatable bonds is 7. The van der Waals surface area contributed by atoms with E-state index in [0.717, 1.165) is 51.4 Å². The number of nitrogens with one attached hydrogen (secondary N) is 3. The molecular weight excluding hydrogens is 428 g/mol. The van der Waals surface area contributed by atoms with Gasteiger partial charge in [-0.05, 0) is 76.0 Å². The molecule has 0 aromatic heterocycles. The van der Waals surface area contributed by atoms with Crippen LogP contribution in [0.15, 0.2) is 24.3 Å². The first-order chi connectivity index (χ1) is 16.5. The van der Waals surface area contributed by atoms with Gasteiger partial charge in [0.15, 0.2) is 0 Å². The molecule has 3 N–H and O–H groups in total. The van der Waals surface area contributed by atoms with E-state index in [1.54, 1.807) is 18.9 Å². The molecule has 2 aliphatic carbocycles. The third kappa shape index (κ3) is 5.45. The summed E-state index contributed by atoms with van der Waals surface area (Å²) in [5.74, 6) is -0.190. The maximum Gasteiger partial charge on any atom is 0.246 e. The first-order valence-corrected chi connectivity index (χ1v) is 13.2. The molecule has 2 fully saturated rings. The molecule has 1 aromatic rings. The second-order valence-corrected chi connectivity index (χ2v) is 10.2. The Morgan fingerprint density at radius 3 is 2.50 bits per heavy atom. The molecule has 186 valence electrons.